The molecule has 0 aliphatic rings. The molecular weight excluding hydrogens is 262 g/mol. The van der Waals surface area contributed by atoms with Gasteiger partial charge in [-0.3, -0.25) is 9.89 Å². The third-order valence-electron chi connectivity index (χ3n) is 2.38. The molecule has 3 aromatic rings. The van der Waals surface area contributed by atoms with Gasteiger partial charge < -0.3 is 11.1 Å². The fourth-order valence-electron chi connectivity index (χ4n) is 1.49. The smallest absolute Gasteiger partial charge is 0.293 e. The minimum atomic E-state index is -0.454. The van der Waals surface area contributed by atoms with Gasteiger partial charge in [-0.2, -0.15) is 10.1 Å². The Morgan fingerprint density at radius 3 is 2.90 bits per heavy atom. The normalized spacial score (nSPS) is 10.4. The third kappa shape index (κ3) is 2.29. The summed E-state index contributed by atoms with van der Waals surface area (Å²) in [5, 5.41) is 12.5. The molecule has 4 N–H and O–H groups in total. The zero-order chi connectivity index (χ0) is 13.9. The predicted molar refractivity (Wildman–Crippen MR) is 67.9 cm³/mol. The Kier molecular flexibility index (Phi) is 2.80. The summed E-state index contributed by atoms with van der Waals surface area (Å²) >= 11 is 0. The van der Waals surface area contributed by atoms with Gasteiger partial charge in [0.25, 0.3) is 5.91 Å². The highest BCUT2D eigenvalue weighted by Gasteiger charge is 2.11. The van der Waals surface area contributed by atoms with Crippen LogP contribution in [-0.2, 0) is 0 Å². The highest BCUT2D eigenvalue weighted by atomic mass is 16.2. The van der Waals surface area contributed by atoms with Crippen LogP contribution in [0.5, 0.6) is 0 Å². The van der Waals surface area contributed by atoms with Gasteiger partial charge in [-0.05, 0) is 12.1 Å². The number of hydrogen-bond donors (Lipinski definition) is 3. The van der Waals surface area contributed by atoms with Crippen LogP contribution in [0, 0.1) is 0 Å². The van der Waals surface area contributed by atoms with Gasteiger partial charge in [0.2, 0.25) is 11.8 Å². The van der Waals surface area contributed by atoms with E-state index in [-0.39, 0.29) is 11.8 Å². The average Bonchev–Trinajstić information content (AvgIpc) is 3.10. The fourth-order valence-corrected chi connectivity index (χ4v) is 1.49. The summed E-state index contributed by atoms with van der Waals surface area (Å²) in [6.45, 7) is 0. The molecule has 0 aliphatic carbocycles. The van der Waals surface area contributed by atoms with E-state index in [1.165, 1.54) is 23.5 Å². The van der Waals surface area contributed by atoms with Crippen molar-refractivity contribution in [1.82, 2.24) is 34.9 Å². The van der Waals surface area contributed by atoms with E-state index >= 15 is 0 Å². The van der Waals surface area contributed by atoms with Gasteiger partial charge in [0.15, 0.2) is 5.82 Å². The molecule has 0 atom stereocenters. The van der Waals surface area contributed by atoms with Gasteiger partial charge >= 0.3 is 0 Å². The standard InChI is InChI=1S/C10H9N9O/c11-10-16-8(17-18-10)9(20)15-6-1-2-7(13-3-6)19-5-12-4-14-19/h1-5H,(H,15,20)(H3,11,16,17,18). The van der Waals surface area contributed by atoms with E-state index in [1.807, 2.05) is 0 Å². The maximum Gasteiger partial charge on any atom is 0.293 e. The van der Waals surface area contributed by atoms with Crippen molar-refractivity contribution in [3.05, 3.63) is 36.8 Å². The van der Waals surface area contributed by atoms with Crippen molar-refractivity contribution in [2.45, 2.75) is 0 Å². The van der Waals surface area contributed by atoms with Gasteiger partial charge in [0.05, 0.1) is 11.9 Å². The molecule has 10 nitrogen and oxygen atoms in total. The summed E-state index contributed by atoms with van der Waals surface area (Å²) in [6, 6.07) is 3.38. The van der Waals surface area contributed by atoms with Crippen LogP contribution in [0.15, 0.2) is 31.0 Å². The number of anilines is 2. The molecule has 0 bridgehead atoms. The van der Waals surface area contributed by atoms with Crippen LogP contribution >= 0.6 is 0 Å². The molecule has 0 radical (unpaired) electrons. The summed E-state index contributed by atoms with van der Waals surface area (Å²) in [4.78, 5) is 23.5. The molecule has 0 saturated carbocycles. The molecule has 3 rings (SSSR count). The van der Waals surface area contributed by atoms with E-state index in [1.54, 1.807) is 12.1 Å². The zero-order valence-electron chi connectivity index (χ0n) is 10.1. The summed E-state index contributed by atoms with van der Waals surface area (Å²) in [7, 11) is 0. The number of pyridine rings is 1. The lowest BCUT2D eigenvalue weighted by Crippen LogP contribution is -2.14. The molecule has 3 heterocycles. The second-order valence-corrected chi connectivity index (χ2v) is 3.74. The predicted octanol–water partition coefficient (Wildman–Crippen LogP) is -0.385. The number of aromatic amines is 1. The number of H-pyrrole nitrogens is 1. The lowest BCUT2D eigenvalue weighted by Gasteiger charge is -2.03. The SMILES string of the molecule is Nc1n[nH]c(C(=O)Nc2ccc(-n3cncn3)nc2)n1. The third-order valence-corrected chi connectivity index (χ3v) is 2.38. The second-order valence-electron chi connectivity index (χ2n) is 3.74. The lowest BCUT2D eigenvalue weighted by molar-refractivity contribution is 0.101. The Balaban J connectivity index is 1.74. The Morgan fingerprint density at radius 1 is 1.40 bits per heavy atom. The van der Waals surface area contributed by atoms with Crippen LogP contribution in [0.1, 0.15) is 10.6 Å². The minimum absolute atomic E-state index is 0.00908. The molecular formula is C10H9N9O. The number of aromatic nitrogens is 7. The van der Waals surface area contributed by atoms with Crippen molar-refractivity contribution in [2.24, 2.45) is 0 Å². The van der Waals surface area contributed by atoms with E-state index in [2.05, 4.69) is 35.6 Å². The van der Waals surface area contributed by atoms with Crippen molar-refractivity contribution in [2.75, 3.05) is 11.1 Å². The summed E-state index contributed by atoms with van der Waals surface area (Å²) in [5.41, 5.74) is 5.83. The molecule has 0 aliphatic heterocycles. The first-order valence-corrected chi connectivity index (χ1v) is 5.52. The van der Waals surface area contributed by atoms with Crippen molar-refractivity contribution < 1.29 is 4.79 Å². The Morgan fingerprint density at radius 2 is 2.30 bits per heavy atom. The second kappa shape index (κ2) is 4.76. The van der Waals surface area contributed by atoms with E-state index in [4.69, 9.17) is 5.73 Å². The first-order valence-electron chi connectivity index (χ1n) is 5.52. The van der Waals surface area contributed by atoms with Crippen LogP contribution < -0.4 is 11.1 Å². The van der Waals surface area contributed by atoms with E-state index < -0.39 is 5.91 Å². The topological polar surface area (TPSA) is 140 Å². The minimum Gasteiger partial charge on any atom is -0.366 e. The number of rotatable bonds is 3. The summed E-state index contributed by atoms with van der Waals surface area (Å²) in [5.74, 6) is 0.173. The monoisotopic (exact) mass is 271 g/mol. The van der Waals surface area contributed by atoms with Gasteiger partial charge in [-0.15, -0.1) is 5.10 Å². The van der Waals surface area contributed by atoms with Crippen molar-refractivity contribution in [1.29, 1.82) is 0 Å². The maximum atomic E-state index is 11.8. The Labute approximate surface area is 112 Å². The molecule has 0 fully saturated rings. The number of nitrogens with one attached hydrogen (secondary N) is 2. The van der Waals surface area contributed by atoms with E-state index in [9.17, 15) is 4.79 Å². The number of nitrogen functional groups attached to an aromatic ring is 1. The fraction of sp³-hybridized carbons (Fsp3) is 0. The molecule has 20 heavy (non-hydrogen) atoms. The highest BCUT2D eigenvalue weighted by Crippen LogP contribution is 2.09. The average molecular weight is 271 g/mol. The maximum absolute atomic E-state index is 11.8. The van der Waals surface area contributed by atoms with Crippen LogP contribution in [0.3, 0.4) is 0 Å². The first kappa shape index (κ1) is 11.8. The van der Waals surface area contributed by atoms with Crippen molar-refractivity contribution >= 4 is 17.5 Å². The molecule has 100 valence electrons. The summed E-state index contributed by atoms with van der Waals surface area (Å²) < 4.78 is 1.50. The molecule has 3 aromatic heterocycles. The van der Waals surface area contributed by atoms with Crippen LogP contribution in [-0.4, -0.2) is 40.8 Å². The van der Waals surface area contributed by atoms with Gasteiger partial charge in [0, 0.05) is 0 Å². The first-order chi connectivity index (χ1) is 9.72. The lowest BCUT2D eigenvalue weighted by atomic mass is 10.4. The molecule has 10 heteroatoms. The van der Waals surface area contributed by atoms with Crippen LogP contribution in [0.25, 0.3) is 5.82 Å². The van der Waals surface area contributed by atoms with Gasteiger partial charge in [0.1, 0.15) is 12.7 Å². The number of carbonyl (C=O) groups excluding carboxylic acids is 1. The Hall–Kier alpha value is -3.30. The number of amides is 1. The zero-order valence-corrected chi connectivity index (χ0v) is 10.1. The van der Waals surface area contributed by atoms with Crippen LogP contribution in [0.2, 0.25) is 0 Å². The number of carbonyl (C=O) groups is 1. The Bertz CT molecular complexity index is 716. The molecule has 0 saturated heterocycles. The molecule has 1 amide bonds. The summed E-state index contributed by atoms with van der Waals surface area (Å²) in [6.07, 6.45) is 4.43. The van der Waals surface area contributed by atoms with Gasteiger partial charge in [-0.1, -0.05) is 0 Å². The van der Waals surface area contributed by atoms with Crippen LogP contribution in [0.4, 0.5) is 11.6 Å². The quantitative estimate of drug-likeness (QED) is 0.589. The highest BCUT2D eigenvalue weighted by molar-refractivity contribution is 6.01. The molecule has 0 spiro atoms. The number of hydrogen-bond acceptors (Lipinski definition) is 7. The largest absolute Gasteiger partial charge is 0.366 e. The molecule has 0 unspecified atom stereocenters. The number of nitrogens with two attached hydrogens (primary N) is 1. The van der Waals surface area contributed by atoms with Gasteiger partial charge in [-0.25, -0.2) is 14.6 Å². The van der Waals surface area contributed by atoms with E-state index in [0.29, 0.717) is 11.5 Å². The van der Waals surface area contributed by atoms with Crippen molar-refractivity contribution in [3.63, 3.8) is 0 Å². The molecule has 0 aromatic carbocycles. The number of nitrogens with zero attached hydrogens (tertiary/aromatic N) is 6. The van der Waals surface area contributed by atoms with Crippen molar-refractivity contribution in [3.8, 4) is 5.82 Å². The van der Waals surface area contributed by atoms with E-state index in [0.717, 1.165) is 0 Å².